The third kappa shape index (κ3) is 1.81. The van der Waals surface area contributed by atoms with Gasteiger partial charge in [-0.25, -0.2) is 0 Å². The highest BCUT2D eigenvalue weighted by atomic mass is 16.5. The van der Waals surface area contributed by atoms with Crippen LogP contribution in [-0.2, 0) is 17.6 Å². The highest BCUT2D eigenvalue weighted by molar-refractivity contribution is 5.34. The minimum Gasteiger partial charge on any atom is -0.363 e. The number of nitrogens with two attached hydrogens (primary N) is 1. The predicted molar refractivity (Wildman–Crippen MR) is 57.0 cm³/mol. The van der Waals surface area contributed by atoms with Crippen molar-refractivity contribution in [1.82, 2.24) is 0 Å². The molecule has 1 aromatic carbocycles. The number of ether oxygens (including phenoxy) is 1. The number of hydrogen-bond donors (Lipinski definition) is 1. The molecule has 0 heterocycles. The number of aryl methyl sites for hydroxylation is 2. The third-order valence-corrected chi connectivity index (χ3v) is 2.96. The van der Waals surface area contributed by atoms with E-state index >= 15 is 0 Å². The molecule has 1 aliphatic rings. The summed E-state index contributed by atoms with van der Waals surface area (Å²) in [5.74, 6) is 0. The van der Waals surface area contributed by atoms with E-state index in [1.165, 1.54) is 36.8 Å². The summed E-state index contributed by atoms with van der Waals surface area (Å²) in [7, 11) is 1.64. The maximum absolute atomic E-state index is 5.81. The molecule has 2 N–H and O–H groups in total. The Hall–Kier alpha value is -0.860. The zero-order valence-corrected chi connectivity index (χ0v) is 8.62. The summed E-state index contributed by atoms with van der Waals surface area (Å²) < 4.78 is 5.11. The SMILES string of the molecule is COC(N)c1ccc2c(c1)CCCC2. The van der Waals surface area contributed by atoms with Crippen molar-refractivity contribution in [2.75, 3.05) is 7.11 Å². The molecule has 14 heavy (non-hydrogen) atoms. The predicted octanol–water partition coefficient (Wildman–Crippen LogP) is 2.17. The monoisotopic (exact) mass is 191 g/mol. The van der Waals surface area contributed by atoms with E-state index < -0.39 is 0 Å². The Morgan fingerprint density at radius 2 is 1.93 bits per heavy atom. The van der Waals surface area contributed by atoms with Crippen molar-refractivity contribution in [3.63, 3.8) is 0 Å². The molecule has 76 valence electrons. The lowest BCUT2D eigenvalue weighted by Crippen LogP contribution is -2.13. The largest absolute Gasteiger partial charge is 0.363 e. The van der Waals surface area contributed by atoms with Crippen LogP contribution in [0.4, 0.5) is 0 Å². The first-order valence-corrected chi connectivity index (χ1v) is 5.21. The molecule has 0 radical (unpaired) electrons. The van der Waals surface area contributed by atoms with Crippen LogP contribution in [0.5, 0.6) is 0 Å². The van der Waals surface area contributed by atoms with Crippen molar-refractivity contribution < 1.29 is 4.74 Å². The second-order valence-corrected chi connectivity index (χ2v) is 3.89. The van der Waals surface area contributed by atoms with E-state index in [0.717, 1.165) is 5.56 Å². The van der Waals surface area contributed by atoms with Crippen LogP contribution in [0.15, 0.2) is 18.2 Å². The number of methoxy groups -OCH3 is 1. The fourth-order valence-corrected chi connectivity index (χ4v) is 2.07. The van der Waals surface area contributed by atoms with Crippen LogP contribution >= 0.6 is 0 Å². The van der Waals surface area contributed by atoms with Gasteiger partial charge < -0.3 is 10.5 Å². The fraction of sp³-hybridized carbons (Fsp3) is 0.500. The molecule has 2 heteroatoms. The van der Waals surface area contributed by atoms with Crippen LogP contribution in [0.3, 0.4) is 0 Å². The van der Waals surface area contributed by atoms with Gasteiger partial charge in [0, 0.05) is 7.11 Å². The number of rotatable bonds is 2. The fourth-order valence-electron chi connectivity index (χ4n) is 2.07. The average Bonchev–Trinajstić information content (AvgIpc) is 2.27. The number of hydrogen-bond acceptors (Lipinski definition) is 2. The first-order valence-electron chi connectivity index (χ1n) is 5.21. The molecule has 1 aromatic rings. The quantitative estimate of drug-likeness (QED) is 0.727. The van der Waals surface area contributed by atoms with Gasteiger partial charge in [0.1, 0.15) is 6.23 Å². The van der Waals surface area contributed by atoms with Gasteiger partial charge in [0.15, 0.2) is 0 Å². The van der Waals surface area contributed by atoms with Crippen LogP contribution in [-0.4, -0.2) is 7.11 Å². The van der Waals surface area contributed by atoms with Gasteiger partial charge in [-0.1, -0.05) is 18.2 Å². The second-order valence-electron chi connectivity index (χ2n) is 3.89. The number of fused-ring (bicyclic) bond motifs is 1. The Bertz CT molecular complexity index is 322. The lowest BCUT2D eigenvalue weighted by molar-refractivity contribution is 0.109. The minimum atomic E-state index is -0.276. The van der Waals surface area contributed by atoms with Gasteiger partial charge in [-0.2, -0.15) is 0 Å². The van der Waals surface area contributed by atoms with Gasteiger partial charge in [-0.05, 0) is 42.4 Å². The Kier molecular flexibility index (Phi) is 2.85. The van der Waals surface area contributed by atoms with Gasteiger partial charge in [-0.3, -0.25) is 0 Å². The topological polar surface area (TPSA) is 35.2 Å². The molecule has 0 saturated carbocycles. The Morgan fingerprint density at radius 1 is 1.21 bits per heavy atom. The summed E-state index contributed by atoms with van der Waals surface area (Å²) >= 11 is 0. The molecule has 0 amide bonds. The van der Waals surface area contributed by atoms with Crippen LogP contribution in [0.1, 0.15) is 35.8 Å². The van der Waals surface area contributed by atoms with Gasteiger partial charge in [-0.15, -0.1) is 0 Å². The minimum absolute atomic E-state index is 0.276. The Labute approximate surface area is 85.1 Å². The molecule has 1 unspecified atom stereocenters. The standard InChI is InChI=1S/C12H17NO/c1-14-12(13)11-7-6-9-4-2-3-5-10(9)8-11/h6-8,12H,2-5,13H2,1H3. The molecular weight excluding hydrogens is 174 g/mol. The summed E-state index contributed by atoms with van der Waals surface area (Å²) in [6.45, 7) is 0. The molecule has 1 aliphatic carbocycles. The smallest absolute Gasteiger partial charge is 0.131 e. The molecule has 0 aromatic heterocycles. The van der Waals surface area contributed by atoms with E-state index in [-0.39, 0.29) is 6.23 Å². The normalized spacial score (nSPS) is 17.6. The third-order valence-electron chi connectivity index (χ3n) is 2.96. The van der Waals surface area contributed by atoms with E-state index in [1.807, 2.05) is 0 Å². The highest BCUT2D eigenvalue weighted by Gasteiger charge is 2.11. The van der Waals surface area contributed by atoms with E-state index in [4.69, 9.17) is 10.5 Å². The molecule has 0 bridgehead atoms. The maximum Gasteiger partial charge on any atom is 0.131 e. The van der Waals surface area contributed by atoms with Crippen LogP contribution < -0.4 is 5.73 Å². The first-order chi connectivity index (χ1) is 6.81. The number of benzene rings is 1. The summed E-state index contributed by atoms with van der Waals surface area (Å²) in [6.07, 6.45) is 4.76. The lowest BCUT2D eigenvalue weighted by Gasteiger charge is -2.18. The molecule has 0 saturated heterocycles. The van der Waals surface area contributed by atoms with E-state index in [9.17, 15) is 0 Å². The van der Waals surface area contributed by atoms with Gasteiger partial charge >= 0.3 is 0 Å². The molecular formula is C12H17NO. The lowest BCUT2D eigenvalue weighted by atomic mass is 9.90. The molecule has 1 atom stereocenters. The molecule has 0 spiro atoms. The zero-order chi connectivity index (χ0) is 9.97. The zero-order valence-electron chi connectivity index (χ0n) is 8.62. The van der Waals surface area contributed by atoms with Crippen molar-refractivity contribution in [2.45, 2.75) is 31.9 Å². The summed E-state index contributed by atoms with van der Waals surface area (Å²) in [5, 5.41) is 0. The Balaban J connectivity index is 2.29. The summed E-state index contributed by atoms with van der Waals surface area (Å²) in [6, 6.07) is 6.48. The van der Waals surface area contributed by atoms with Crippen LogP contribution in [0.25, 0.3) is 0 Å². The van der Waals surface area contributed by atoms with Crippen molar-refractivity contribution in [1.29, 1.82) is 0 Å². The van der Waals surface area contributed by atoms with Gasteiger partial charge in [0.25, 0.3) is 0 Å². The van der Waals surface area contributed by atoms with Crippen LogP contribution in [0, 0.1) is 0 Å². The maximum atomic E-state index is 5.81. The summed E-state index contributed by atoms with van der Waals surface area (Å²) in [4.78, 5) is 0. The van der Waals surface area contributed by atoms with Gasteiger partial charge in [0.05, 0.1) is 0 Å². The van der Waals surface area contributed by atoms with Crippen molar-refractivity contribution in [2.24, 2.45) is 5.73 Å². The highest BCUT2D eigenvalue weighted by Crippen LogP contribution is 2.24. The van der Waals surface area contributed by atoms with Crippen LogP contribution in [0.2, 0.25) is 0 Å². The van der Waals surface area contributed by atoms with Crippen molar-refractivity contribution in [3.8, 4) is 0 Å². The van der Waals surface area contributed by atoms with E-state index in [2.05, 4.69) is 18.2 Å². The first kappa shape index (κ1) is 9.69. The molecule has 0 fully saturated rings. The molecule has 0 aliphatic heterocycles. The average molecular weight is 191 g/mol. The summed E-state index contributed by atoms with van der Waals surface area (Å²) in [5.41, 5.74) is 9.84. The molecule has 2 nitrogen and oxygen atoms in total. The second kappa shape index (κ2) is 4.11. The van der Waals surface area contributed by atoms with Crippen molar-refractivity contribution >= 4 is 0 Å². The van der Waals surface area contributed by atoms with E-state index in [1.54, 1.807) is 7.11 Å². The van der Waals surface area contributed by atoms with Crippen molar-refractivity contribution in [3.05, 3.63) is 34.9 Å². The van der Waals surface area contributed by atoms with E-state index in [0.29, 0.717) is 0 Å². The van der Waals surface area contributed by atoms with Gasteiger partial charge in [0.2, 0.25) is 0 Å². The Morgan fingerprint density at radius 3 is 2.64 bits per heavy atom. The molecule has 2 rings (SSSR count).